The lowest BCUT2D eigenvalue weighted by atomic mass is 9.88. The summed E-state index contributed by atoms with van der Waals surface area (Å²) in [5.74, 6) is -5.77. The van der Waals surface area contributed by atoms with E-state index in [1.54, 1.807) is 36.4 Å². The maximum Gasteiger partial charge on any atom is 0.233 e. The van der Waals surface area contributed by atoms with Crippen LogP contribution in [-0.2, 0) is 32.0 Å². The summed E-state index contributed by atoms with van der Waals surface area (Å²) in [4.78, 5) is 52.2. The second-order valence-electron chi connectivity index (χ2n) is 10.8. The van der Waals surface area contributed by atoms with Crippen molar-refractivity contribution in [3.05, 3.63) is 47.5 Å². The van der Waals surface area contributed by atoms with Crippen LogP contribution in [0, 0.1) is 11.8 Å². The highest BCUT2D eigenvalue weighted by Crippen LogP contribution is 2.27. The Labute approximate surface area is 265 Å². The monoisotopic (exact) mass is 652 g/mol. The minimum absolute atomic E-state index is 0.147. The Morgan fingerprint density at radius 3 is 0.978 bits per heavy atom. The van der Waals surface area contributed by atoms with E-state index in [4.69, 9.17) is 20.4 Å². The van der Waals surface area contributed by atoms with Crippen LogP contribution in [0.5, 0.6) is 0 Å². The number of aliphatic hydroxyl groups is 8. The van der Waals surface area contributed by atoms with E-state index in [-0.39, 0.29) is 39.0 Å². The fraction of sp³-hybridized carbons (Fsp3) is 0.533. The molecule has 12 N–H and O–H groups in total. The van der Waals surface area contributed by atoms with Crippen LogP contribution >= 0.6 is 0 Å². The minimum atomic E-state index is -1.36. The van der Waals surface area contributed by atoms with Gasteiger partial charge in [-0.15, -0.1) is 0 Å². The van der Waals surface area contributed by atoms with Gasteiger partial charge in [0.2, 0.25) is 23.6 Å². The summed E-state index contributed by atoms with van der Waals surface area (Å²) in [5, 5.41) is 85.8. The maximum atomic E-state index is 13.1. The lowest BCUT2D eigenvalue weighted by Crippen LogP contribution is -2.46. The fourth-order valence-electron chi connectivity index (χ4n) is 4.45. The molecule has 4 amide bonds. The van der Waals surface area contributed by atoms with Crippen LogP contribution in [0.3, 0.4) is 0 Å². The quantitative estimate of drug-likeness (QED) is 0.0600. The molecule has 2 aromatic rings. The summed E-state index contributed by atoms with van der Waals surface area (Å²) in [5.41, 5.74) is 1.06. The van der Waals surface area contributed by atoms with E-state index in [9.17, 15) is 39.6 Å². The fourth-order valence-corrected chi connectivity index (χ4v) is 4.45. The van der Waals surface area contributed by atoms with E-state index in [0.717, 1.165) is 0 Å². The standard InChI is InChI=1S/C30H44N4O12/c35-13-19(39)9-31-27(43)25(28(44)32-10-20(40)14-36)7-17-5-6-18(24-4-2-1-3-23(17)24)8-26(29(45)33-11-21(41)15-37)30(46)34-12-22(42)16-38/h1-6,19-22,25-26,35-42H,7-16H2,(H,31,43)(H,32,44)(H,33,45)(H,34,46). The van der Waals surface area contributed by atoms with Gasteiger partial charge in [0.15, 0.2) is 0 Å². The molecule has 4 atom stereocenters. The normalized spacial score (nSPS) is 15.2. The van der Waals surface area contributed by atoms with Gasteiger partial charge in [-0.1, -0.05) is 36.4 Å². The van der Waals surface area contributed by atoms with Crippen LogP contribution in [0.4, 0.5) is 0 Å². The average Bonchev–Trinajstić information content (AvgIpc) is 3.08. The molecule has 2 aromatic carbocycles. The van der Waals surface area contributed by atoms with E-state index in [2.05, 4.69) is 21.3 Å². The predicted molar refractivity (Wildman–Crippen MR) is 163 cm³/mol. The molecule has 0 aliphatic heterocycles. The van der Waals surface area contributed by atoms with Crippen molar-refractivity contribution in [2.24, 2.45) is 11.8 Å². The van der Waals surface area contributed by atoms with Crippen LogP contribution in [-0.4, -0.2) is 142 Å². The van der Waals surface area contributed by atoms with E-state index in [1.807, 2.05) is 0 Å². The maximum absolute atomic E-state index is 13.1. The highest BCUT2D eigenvalue weighted by atomic mass is 16.3. The topological polar surface area (TPSA) is 278 Å². The molecule has 0 saturated carbocycles. The molecule has 256 valence electrons. The van der Waals surface area contributed by atoms with Gasteiger partial charge in [0.25, 0.3) is 0 Å². The van der Waals surface area contributed by atoms with Crippen molar-refractivity contribution < 1.29 is 60.0 Å². The number of carbonyl (C=O) groups is 4. The van der Waals surface area contributed by atoms with Crippen molar-refractivity contribution in [1.82, 2.24) is 21.3 Å². The molecule has 0 aliphatic rings. The number of amides is 4. The average molecular weight is 653 g/mol. The molecule has 16 heteroatoms. The number of rotatable bonds is 20. The first kappa shape index (κ1) is 38.4. The van der Waals surface area contributed by atoms with Crippen molar-refractivity contribution in [1.29, 1.82) is 0 Å². The zero-order chi connectivity index (χ0) is 34.2. The Bertz CT molecular complexity index is 1150. The molecule has 0 spiro atoms. The smallest absolute Gasteiger partial charge is 0.233 e. The van der Waals surface area contributed by atoms with Gasteiger partial charge >= 0.3 is 0 Å². The van der Waals surface area contributed by atoms with Crippen LogP contribution in [0.1, 0.15) is 11.1 Å². The number of hydrogen-bond donors (Lipinski definition) is 12. The summed E-state index contributed by atoms with van der Waals surface area (Å²) in [7, 11) is 0. The van der Waals surface area contributed by atoms with Crippen LogP contribution < -0.4 is 21.3 Å². The first-order valence-corrected chi connectivity index (χ1v) is 14.7. The van der Waals surface area contributed by atoms with Gasteiger partial charge in [0.1, 0.15) is 11.8 Å². The predicted octanol–water partition coefficient (Wildman–Crippen LogP) is -4.97. The Balaban J connectivity index is 2.43. The number of fused-ring (bicyclic) bond motifs is 1. The summed E-state index contributed by atoms with van der Waals surface area (Å²) in [6.45, 7) is -3.77. The summed E-state index contributed by atoms with van der Waals surface area (Å²) < 4.78 is 0. The molecule has 46 heavy (non-hydrogen) atoms. The minimum Gasteiger partial charge on any atom is -0.394 e. The molecule has 0 bridgehead atoms. The number of hydrogen-bond acceptors (Lipinski definition) is 12. The van der Waals surface area contributed by atoms with Gasteiger partial charge in [-0.3, -0.25) is 19.2 Å². The van der Waals surface area contributed by atoms with Crippen LogP contribution in [0.2, 0.25) is 0 Å². The molecular weight excluding hydrogens is 608 g/mol. The highest BCUT2D eigenvalue weighted by molar-refractivity contribution is 6.02. The first-order chi connectivity index (χ1) is 21.9. The van der Waals surface area contributed by atoms with Gasteiger partial charge in [0, 0.05) is 26.2 Å². The van der Waals surface area contributed by atoms with Crippen molar-refractivity contribution in [3.8, 4) is 0 Å². The Hall–Kier alpha value is -3.74. The largest absolute Gasteiger partial charge is 0.394 e. The lowest BCUT2D eigenvalue weighted by Gasteiger charge is -2.21. The number of nitrogens with one attached hydrogen (secondary N) is 4. The third-order valence-electron chi connectivity index (χ3n) is 7.11. The molecule has 0 radical (unpaired) electrons. The van der Waals surface area contributed by atoms with Crippen LogP contribution in [0.25, 0.3) is 10.8 Å². The molecule has 16 nitrogen and oxygen atoms in total. The highest BCUT2D eigenvalue weighted by Gasteiger charge is 2.30. The summed E-state index contributed by atoms with van der Waals surface area (Å²) in [6.07, 6.45) is -5.33. The zero-order valence-corrected chi connectivity index (χ0v) is 25.2. The van der Waals surface area contributed by atoms with Crippen molar-refractivity contribution in [3.63, 3.8) is 0 Å². The first-order valence-electron chi connectivity index (χ1n) is 14.7. The lowest BCUT2D eigenvalue weighted by molar-refractivity contribution is -0.137. The Morgan fingerprint density at radius 2 is 0.739 bits per heavy atom. The molecule has 0 heterocycles. The second kappa shape index (κ2) is 19.7. The molecule has 0 fully saturated rings. The zero-order valence-electron chi connectivity index (χ0n) is 25.2. The molecule has 2 rings (SSSR count). The van der Waals surface area contributed by atoms with Gasteiger partial charge in [-0.25, -0.2) is 0 Å². The van der Waals surface area contributed by atoms with E-state index in [1.165, 1.54) is 0 Å². The van der Waals surface area contributed by atoms with Gasteiger partial charge < -0.3 is 62.1 Å². The summed E-state index contributed by atoms with van der Waals surface area (Å²) in [6, 6.07) is 10.1. The number of aliphatic hydroxyl groups excluding tert-OH is 8. The van der Waals surface area contributed by atoms with Crippen molar-refractivity contribution >= 4 is 34.4 Å². The van der Waals surface area contributed by atoms with Crippen LogP contribution in [0.15, 0.2) is 36.4 Å². The summed E-state index contributed by atoms with van der Waals surface area (Å²) >= 11 is 0. The van der Waals surface area contributed by atoms with Crippen molar-refractivity contribution in [2.45, 2.75) is 37.3 Å². The van der Waals surface area contributed by atoms with Gasteiger partial charge in [-0.05, 0) is 34.7 Å². The molecule has 0 aliphatic carbocycles. The SMILES string of the molecule is O=C(NCC(O)CO)C(Cc1ccc(CC(C(=O)NCC(O)CO)C(=O)NCC(O)CO)c2ccccc12)C(=O)NCC(O)CO. The van der Waals surface area contributed by atoms with Gasteiger partial charge in [0.05, 0.1) is 50.8 Å². The van der Waals surface area contributed by atoms with E-state index in [0.29, 0.717) is 21.9 Å². The Morgan fingerprint density at radius 1 is 0.478 bits per heavy atom. The number of benzene rings is 2. The Kier molecular flexibility index (Phi) is 16.5. The molecule has 0 saturated heterocycles. The molecule has 0 aromatic heterocycles. The van der Waals surface area contributed by atoms with E-state index < -0.39 is 86.3 Å². The van der Waals surface area contributed by atoms with Crippen molar-refractivity contribution in [2.75, 3.05) is 52.6 Å². The second-order valence-corrected chi connectivity index (χ2v) is 10.8. The third-order valence-corrected chi connectivity index (χ3v) is 7.11. The van der Waals surface area contributed by atoms with E-state index >= 15 is 0 Å². The molecule has 4 unspecified atom stereocenters. The van der Waals surface area contributed by atoms with Gasteiger partial charge in [-0.2, -0.15) is 0 Å². The third kappa shape index (κ3) is 11.9. The number of carbonyl (C=O) groups excluding carboxylic acids is 4. The molecular formula is C30H44N4O12.